The van der Waals surface area contributed by atoms with Crippen LogP contribution in [0.15, 0.2) is 41.2 Å². The summed E-state index contributed by atoms with van der Waals surface area (Å²) in [6.07, 6.45) is 3.02. The normalized spacial score (nSPS) is 12.6. The number of carbonyl (C=O) groups excluding carboxylic acids is 1. The molecule has 1 heterocycles. The first-order valence-electron chi connectivity index (χ1n) is 4.54. The minimum absolute atomic E-state index is 0. The van der Waals surface area contributed by atoms with Crippen LogP contribution in [0.2, 0.25) is 0 Å². The number of anilines is 1. The summed E-state index contributed by atoms with van der Waals surface area (Å²) in [5.41, 5.74) is 2.31. The maximum atomic E-state index is 10.4. The van der Waals surface area contributed by atoms with E-state index in [0.29, 0.717) is 5.70 Å². The molecule has 76 valence electrons. The SMILES string of the molecule is O=C([O-])CC1=CN=Cc2ccccc2N1.[Na+]. The first-order valence-corrected chi connectivity index (χ1v) is 4.54. The van der Waals surface area contributed by atoms with Gasteiger partial charge in [-0.05, 0) is 6.07 Å². The predicted molar refractivity (Wildman–Crippen MR) is 55.4 cm³/mol. The molecular weight excluding hydrogens is 215 g/mol. The summed E-state index contributed by atoms with van der Waals surface area (Å²) in [4.78, 5) is 14.5. The smallest absolute Gasteiger partial charge is 0.550 e. The second kappa shape index (κ2) is 5.84. The van der Waals surface area contributed by atoms with Crippen molar-refractivity contribution in [3.05, 3.63) is 41.7 Å². The number of carboxylic acid groups (broad SMARTS) is 1. The number of hydrogen-bond donors (Lipinski definition) is 1. The summed E-state index contributed by atoms with van der Waals surface area (Å²) >= 11 is 0. The summed E-state index contributed by atoms with van der Waals surface area (Å²) in [6.45, 7) is 0. The van der Waals surface area contributed by atoms with Crippen molar-refractivity contribution in [1.29, 1.82) is 0 Å². The van der Waals surface area contributed by atoms with Crippen LogP contribution in [0.1, 0.15) is 12.0 Å². The maximum Gasteiger partial charge on any atom is 1.00 e. The molecule has 16 heavy (non-hydrogen) atoms. The quantitative estimate of drug-likeness (QED) is 0.566. The van der Waals surface area contributed by atoms with Gasteiger partial charge in [0, 0.05) is 41.8 Å². The average molecular weight is 224 g/mol. The molecule has 1 aliphatic rings. The first kappa shape index (κ1) is 13.0. The Labute approximate surface area is 115 Å². The van der Waals surface area contributed by atoms with Crippen LogP contribution >= 0.6 is 0 Å². The maximum absolute atomic E-state index is 10.4. The molecule has 2 rings (SSSR count). The molecule has 1 aromatic carbocycles. The van der Waals surface area contributed by atoms with Gasteiger partial charge in [0.2, 0.25) is 0 Å². The molecule has 0 radical (unpaired) electrons. The zero-order valence-electron chi connectivity index (χ0n) is 8.93. The topological polar surface area (TPSA) is 64.5 Å². The van der Waals surface area contributed by atoms with Gasteiger partial charge in [-0.25, -0.2) is 0 Å². The van der Waals surface area contributed by atoms with Crippen molar-refractivity contribution in [1.82, 2.24) is 0 Å². The standard InChI is InChI=1S/C11H10N2O2.Na/c14-11(15)5-9-7-12-6-8-3-1-2-4-10(8)13-9;/h1-4,6-7,13H,5H2,(H,14,15);/q;+1/p-1. The van der Waals surface area contributed by atoms with Crippen molar-refractivity contribution in [3.63, 3.8) is 0 Å². The summed E-state index contributed by atoms with van der Waals surface area (Å²) in [5.74, 6) is -1.12. The predicted octanol–water partition coefficient (Wildman–Crippen LogP) is -2.48. The number of hydrogen-bond acceptors (Lipinski definition) is 4. The van der Waals surface area contributed by atoms with Crippen molar-refractivity contribution in [3.8, 4) is 0 Å². The molecule has 0 saturated carbocycles. The number of para-hydroxylation sites is 1. The number of aliphatic carboxylic acids is 1. The first-order chi connectivity index (χ1) is 7.25. The molecule has 0 atom stereocenters. The van der Waals surface area contributed by atoms with Gasteiger partial charge in [0.1, 0.15) is 0 Å². The van der Waals surface area contributed by atoms with Crippen LogP contribution in [0.3, 0.4) is 0 Å². The third-order valence-electron chi connectivity index (χ3n) is 2.03. The molecule has 0 bridgehead atoms. The number of benzene rings is 1. The molecular formula is C11H9N2NaO2. The van der Waals surface area contributed by atoms with E-state index in [-0.39, 0.29) is 36.0 Å². The number of carbonyl (C=O) groups is 1. The number of carboxylic acids is 1. The second-order valence-corrected chi connectivity index (χ2v) is 3.19. The Bertz CT molecular complexity index is 455. The van der Waals surface area contributed by atoms with Crippen molar-refractivity contribution in [2.24, 2.45) is 4.99 Å². The summed E-state index contributed by atoms with van der Waals surface area (Å²) in [5, 5.41) is 13.5. The molecule has 0 saturated heterocycles. The van der Waals surface area contributed by atoms with Crippen LogP contribution in [0.25, 0.3) is 0 Å². The Morgan fingerprint density at radius 2 is 2.12 bits per heavy atom. The summed E-state index contributed by atoms with van der Waals surface area (Å²) in [7, 11) is 0. The molecule has 1 aliphatic heterocycles. The van der Waals surface area contributed by atoms with E-state index in [4.69, 9.17) is 0 Å². The largest absolute Gasteiger partial charge is 1.00 e. The van der Waals surface area contributed by atoms with E-state index in [1.165, 1.54) is 6.20 Å². The van der Waals surface area contributed by atoms with Crippen LogP contribution in [-0.2, 0) is 4.79 Å². The van der Waals surface area contributed by atoms with E-state index in [2.05, 4.69) is 10.3 Å². The second-order valence-electron chi connectivity index (χ2n) is 3.19. The molecule has 0 amide bonds. The fourth-order valence-corrected chi connectivity index (χ4v) is 1.38. The number of nitrogens with zero attached hydrogens (tertiary/aromatic N) is 1. The zero-order valence-corrected chi connectivity index (χ0v) is 10.9. The minimum atomic E-state index is -1.12. The average Bonchev–Trinajstić information content (AvgIpc) is 2.38. The third-order valence-corrected chi connectivity index (χ3v) is 2.03. The van der Waals surface area contributed by atoms with Gasteiger partial charge in [0.25, 0.3) is 0 Å². The molecule has 0 aliphatic carbocycles. The molecule has 0 fully saturated rings. The van der Waals surface area contributed by atoms with Gasteiger partial charge < -0.3 is 15.2 Å². The number of nitrogens with one attached hydrogen (secondary N) is 1. The van der Waals surface area contributed by atoms with Gasteiger partial charge in [-0.3, -0.25) is 4.99 Å². The van der Waals surface area contributed by atoms with Crippen molar-refractivity contribution in [2.75, 3.05) is 5.32 Å². The fraction of sp³-hybridized carbons (Fsp3) is 0.0909. The molecule has 5 heteroatoms. The molecule has 0 spiro atoms. The Balaban J connectivity index is 0.00000128. The molecule has 1 aromatic rings. The Hall–Kier alpha value is -1.10. The van der Waals surface area contributed by atoms with E-state index in [1.54, 1.807) is 6.21 Å². The minimum Gasteiger partial charge on any atom is -0.550 e. The van der Waals surface area contributed by atoms with E-state index >= 15 is 0 Å². The van der Waals surface area contributed by atoms with Crippen LogP contribution in [0.4, 0.5) is 5.69 Å². The van der Waals surface area contributed by atoms with Crippen molar-refractivity contribution >= 4 is 17.9 Å². The summed E-state index contributed by atoms with van der Waals surface area (Å²) < 4.78 is 0. The number of rotatable bonds is 2. The molecule has 4 nitrogen and oxygen atoms in total. The molecule has 1 N–H and O–H groups in total. The summed E-state index contributed by atoms with van der Waals surface area (Å²) in [6, 6.07) is 7.55. The van der Waals surface area contributed by atoms with Gasteiger partial charge in [-0.2, -0.15) is 0 Å². The van der Waals surface area contributed by atoms with E-state index in [0.717, 1.165) is 11.3 Å². The van der Waals surface area contributed by atoms with Gasteiger partial charge >= 0.3 is 29.6 Å². The van der Waals surface area contributed by atoms with Gasteiger partial charge in [0.15, 0.2) is 0 Å². The zero-order chi connectivity index (χ0) is 10.7. The van der Waals surface area contributed by atoms with Gasteiger partial charge in [-0.15, -0.1) is 0 Å². The van der Waals surface area contributed by atoms with Crippen molar-refractivity contribution < 1.29 is 39.5 Å². The number of fused-ring (bicyclic) bond motifs is 1. The molecule has 0 aromatic heterocycles. The van der Waals surface area contributed by atoms with Crippen LogP contribution in [-0.4, -0.2) is 12.2 Å². The monoisotopic (exact) mass is 224 g/mol. The Kier molecular flexibility index (Phi) is 4.73. The van der Waals surface area contributed by atoms with Gasteiger partial charge in [0.05, 0.1) is 0 Å². The van der Waals surface area contributed by atoms with E-state index in [9.17, 15) is 9.90 Å². The Morgan fingerprint density at radius 3 is 2.88 bits per heavy atom. The molecule has 0 unspecified atom stereocenters. The Morgan fingerprint density at radius 1 is 1.38 bits per heavy atom. The van der Waals surface area contributed by atoms with Crippen LogP contribution in [0.5, 0.6) is 0 Å². The fourth-order valence-electron chi connectivity index (χ4n) is 1.38. The number of aliphatic imine (C=N–C) groups is 1. The third kappa shape index (κ3) is 3.20. The van der Waals surface area contributed by atoms with Crippen LogP contribution in [0, 0.1) is 0 Å². The van der Waals surface area contributed by atoms with E-state index < -0.39 is 5.97 Å². The van der Waals surface area contributed by atoms with Gasteiger partial charge in [-0.1, -0.05) is 18.2 Å². The van der Waals surface area contributed by atoms with Crippen LogP contribution < -0.4 is 40.0 Å². The van der Waals surface area contributed by atoms with E-state index in [1.807, 2.05) is 24.3 Å². The van der Waals surface area contributed by atoms with Crippen molar-refractivity contribution in [2.45, 2.75) is 6.42 Å².